The Morgan fingerprint density at radius 1 is 1.14 bits per heavy atom. The fourth-order valence-electron chi connectivity index (χ4n) is 3.75. The number of fused-ring (bicyclic) bond motifs is 1. The van der Waals surface area contributed by atoms with Crippen LogP contribution in [0.5, 0.6) is 0 Å². The molecule has 1 aliphatic heterocycles. The average molecular weight is 387 g/mol. The van der Waals surface area contributed by atoms with Gasteiger partial charge in [-0.2, -0.15) is 0 Å². The molecule has 0 bridgehead atoms. The third-order valence-corrected chi connectivity index (χ3v) is 5.35. The van der Waals surface area contributed by atoms with Gasteiger partial charge in [0, 0.05) is 17.8 Å². The van der Waals surface area contributed by atoms with Gasteiger partial charge in [0.1, 0.15) is 0 Å². The number of carbonyl (C=O) groups is 3. The van der Waals surface area contributed by atoms with E-state index in [0.29, 0.717) is 17.9 Å². The molecule has 1 heterocycles. The van der Waals surface area contributed by atoms with Crippen molar-refractivity contribution < 1.29 is 19.1 Å². The second kappa shape index (κ2) is 9.68. The maximum atomic E-state index is 12.4. The third kappa shape index (κ3) is 5.32. The Morgan fingerprint density at radius 3 is 2.57 bits per heavy atom. The Morgan fingerprint density at radius 2 is 1.86 bits per heavy atom. The van der Waals surface area contributed by atoms with Gasteiger partial charge in [-0.25, -0.2) is 4.79 Å². The quantitative estimate of drug-likeness (QED) is 0.493. The summed E-state index contributed by atoms with van der Waals surface area (Å²) in [7, 11) is 0. The van der Waals surface area contributed by atoms with Crippen LogP contribution in [0.3, 0.4) is 0 Å². The number of anilines is 1. The molecule has 0 spiro atoms. The predicted molar refractivity (Wildman–Crippen MR) is 106 cm³/mol. The number of hydrogen-bond acceptors (Lipinski definition) is 5. The lowest BCUT2D eigenvalue weighted by molar-refractivity contribution is -0.129. The molecule has 3 N–H and O–H groups in total. The molecule has 2 fully saturated rings. The van der Waals surface area contributed by atoms with Gasteiger partial charge in [-0.3, -0.25) is 9.59 Å². The Hall–Kier alpha value is -2.41. The number of esters is 1. The van der Waals surface area contributed by atoms with Crippen LogP contribution in [0, 0.1) is 0 Å². The van der Waals surface area contributed by atoms with Crippen LogP contribution in [-0.4, -0.2) is 42.5 Å². The average Bonchev–Trinajstić information content (AvgIpc) is 2.69. The predicted octanol–water partition coefficient (Wildman–Crippen LogP) is 2.37. The number of hydrogen-bond donors (Lipinski definition) is 3. The van der Waals surface area contributed by atoms with E-state index in [0.717, 1.165) is 38.5 Å². The summed E-state index contributed by atoms with van der Waals surface area (Å²) in [6, 6.07) is 6.52. The molecule has 2 amide bonds. The fraction of sp³-hybridized carbons (Fsp3) is 0.571. The molecule has 1 aromatic rings. The Balaban J connectivity index is 1.49. The lowest BCUT2D eigenvalue weighted by Crippen LogP contribution is -2.65. The standard InChI is InChI=1S/C21H29N3O4/c1-2-3-12-28-21(27)14-8-10-15(11-9-14)22-19(25)13-18-20(26)24-17-7-5-4-6-16(17)23-18/h8-11,16-18,23H,2-7,12-13H2,1H3,(H,22,25)(H,24,26)/t16-,17+,18-/m0/s1. The van der Waals surface area contributed by atoms with Crippen LogP contribution in [0.4, 0.5) is 5.69 Å². The molecule has 152 valence electrons. The van der Waals surface area contributed by atoms with Crippen LogP contribution in [0.1, 0.15) is 62.2 Å². The van der Waals surface area contributed by atoms with Crippen molar-refractivity contribution >= 4 is 23.5 Å². The lowest BCUT2D eigenvalue weighted by atomic mass is 9.87. The SMILES string of the molecule is CCCCOC(=O)c1ccc(NC(=O)C[C@@H]2N[C@H]3CCCC[C@H]3NC2=O)cc1. The molecule has 2 aliphatic rings. The third-order valence-electron chi connectivity index (χ3n) is 5.35. The normalized spacial score (nSPS) is 24.0. The zero-order valence-electron chi connectivity index (χ0n) is 16.3. The van der Waals surface area contributed by atoms with E-state index in [-0.39, 0.29) is 36.3 Å². The molecular formula is C21H29N3O4. The molecule has 0 radical (unpaired) electrons. The van der Waals surface area contributed by atoms with Crippen molar-refractivity contribution in [2.24, 2.45) is 0 Å². The van der Waals surface area contributed by atoms with Gasteiger partial charge in [0.2, 0.25) is 11.8 Å². The van der Waals surface area contributed by atoms with Crippen LogP contribution in [-0.2, 0) is 14.3 Å². The Labute approximate surface area is 165 Å². The van der Waals surface area contributed by atoms with Gasteiger partial charge in [-0.15, -0.1) is 0 Å². The smallest absolute Gasteiger partial charge is 0.338 e. The number of benzene rings is 1. The topological polar surface area (TPSA) is 96.5 Å². The fourth-order valence-corrected chi connectivity index (χ4v) is 3.75. The summed E-state index contributed by atoms with van der Waals surface area (Å²) >= 11 is 0. The molecular weight excluding hydrogens is 358 g/mol. The highest BCUT2D eigenvalue weighted by Gasteiger charge is 2.36. The molecule has 7 heteroatoms. The van der Waals surface area contributed by atoms with Crippen LogP contribution in [0.2, 0.25) is 0 Å². The summed E-state index contributed by atoms with van der Waals surface area (Å²) < 4.78 is 5.17. The summed E-state index contributed by atoms with van der Waals surface area (Å²) in [6.07, 6.45) is 6.19. The van der Waals surface area contributed by atoms with E-state index in [1.807, 2.05) is 6.92 Å². The second-order valence-electron chi connectivity index (χ2n) is 7.54. The van der Waals surface area contributed by atoms with Gasteiger partial charge in [-0.1, -0.05) is 26.2 Å². The lowest BCUT2D eigenvalue weighted by Gasteiger charge is -2.40. The number of rotatable bonds is 7. The van der Waals surface area contributed by atoms with Crippen molar-refractivity contribution in [2.75, 3.05) is 11.9 Å². The van der Waals surface area contributed by atoms with Gasteiger partial charge in [0.25, 0.3) is 0 Å². The molecule has 3 atom stereocenters. The van der Waals surface area contributed by atoms with E-state index in [1.165, 1.54) is 0 Å². The molecule has 1 saturated carbocycles. The maximum Gasteiger partial charge on any atom is 0.338 e. The van der Waals surface area contributed by atoms with E-state index in [4.69, 9.17) is 4.74 Å². The first-order valence-electron chi connectivity index (χ1n) is 10.2. The van der Waals surface area contributed by atoms with E-state index >= 15 is 0 Å². The van der Waals surface area contributed by atoms with Crippen LogP contribution >= 0.6 is 0 Å². The van der Waals surface area contributed by atoms with Crippen molar-refractivity contribution in [1.82, 2.24) is 10.6 Å². The minimum atomic E-state index is -0.507. The van der Waals surface area contributed by atoms with Crippen molar-refractivity contribution in [1.29, 1.82) is 0 Å². The maximum absolute atomic E-state index is 12.4. The molecule has 1 aliphatic carbocycles. The van der Waals surface area contributed by atoms with Gasteiger partial charge in [-0.05, 0) is 43.5 Å². The number of nitrogens with one attached hydrogen (secondary N) is 3. The Kier molecular flexibility index (Phi) is 7.03. The van der Waals surface area contributed by atoms with Gasteiger partial charge in [0.15, 0.2) is 0 Å². The highest BCUT2D eigenvalue weighted by Crippen LogP contribution is 2.22. The minimum Gasteiger partial charge on any atom is -0.462 e. The molecule has 7 nitrogen and oxygen atoms in total. The zero-order valence-corrected chi connectivity index (χ0v) is 16.3. The Bertz CT molecular complexity index is 704. The van der Waals surface area contributed by atoms with Crippen molar-refractivity contribution in [3.05, 3.63) is 29.8 Å². The van der Waals surface area contributed by atoms with Crippen LogP contribution in [0.15, 0.2) is 24.3 Å². The van der Waals surface area contributed by atoms with E-state index in [1.54, 1.807) is 24.3 Å². The molecule has 0 unspecified atom stereocenters. The molecule has 1 saturated heterocycles. The molecule has 3 rings (SSSR count). The second-order valence-corrected chi connectivity index (χ2v) is 7.54. The number of amides is 2. The summed E-state index contributed by atoms with van der Waals surface area (Å²) in [5, 5.41) is 9.17. The molecule has 1 aromatic carbocycles. The highest BCUT2D eigenvalue weighted by molar-refractivity contribution is 5.96. The van der Waals surface area contributed by atoms with Crippen LogP contribution < -0.4 is 16.0 Å². The molecule has 0 aromatic heterocycles. The number of unbranched alkanes of at least 4 members (excludes halogenated alkanes) is 1. The number of carbonyl (C=O) groups excluding carboxylic acids is 3. The number of piperazine rings is 1. The minimum absolute atomic E-state index is 0.0792. The largest absolute Gasteiger partial charge is 0.462 e. The van der Waals surface area contributed by atoms with E-state index in [2.05, 4.69) is 16.0 Å². The summed E-state index contributed by atoms with van der Waals surface area (Å²) in [4.78, 5) is 36.5. The molecule has 28 heavy (non-hydrogen) atoms. The summed E-state index contributed by atoms with van der Waals surface area (Å²) in [5.41, 5.74) is 1.03. The first-order chi connectivity index (χ1) is 13.6. The van der Waals surface area contributed by atoms with Crippen molar-refractivity contribution in [3.63, 3.8) is 0 Å². The van der Waals surface area contributed by atoms with E-state index < -0.39 is 6.04 Å². The summed E-state index contributed by atoms with van der Waals surface area (Å²) in [5.74, 6) is -0.708. The van der Waals surface area contributed by atoms with Gasteiger partial charge < -0.3 is 20.7 Å². The summed E-state index contributed by atoms with van der Waals surface area (Å²) in [6.45, 7) is 2.44. The van der Waals surface area contributed by atoms with Gasteiger partial charge in [0.05, 0.1) is 24.6 Å². The van der Waals surface area contributed by atoms with Crippen LogP contribution in [0.25, 0.3) is 0 Å². The highest BCUT2D eigenvalue weighted by atomic mass is 16.5. The zero-order chi connectivity index (χ0) is 19.9. The first-order valence-corrected chi connectivity index (χ1v) is 10.2. The van der Waals surface area contributed by atoms with Crippen molar-refractivity contribution in [3.8, 4) is 0 Å². The first kappa shape index (κ1) is 20.3. The number of ether oxygens (including phenoxy) is 1. The van der Waals surface area contributed by atoms with Gasteiger partial charge >= 0.3 is 5.97 Å². The van der Waals surface area contributed by atoms with E-state index in [9.17, 15) is 14.4 Å². The van der Waals surface area contributed by atoms with Crippen molar-refractivity contribution in [2.45, 2.75) is 70.0 Å². The monoisotopic (exact) mass is 387 g/mol.